The fourth-order valence-corrected chi connectivity index (χ4v) is 3.73. The molecule has 0 fully saturated rings. The van der Waals surface area contributed by atoms with E-state index >= 15 is 0 Å². The van der Waals surface area contributed by atoms with Gasteiger partial charge in [-0.2, -0.15) is 0 Å². The van der Waals surface area contributed by atoms with Crippen LogP contribution in [0, 0.1) is 0 Å². The molecule has 0 saturated carbocycles. The summed E-state index contributed by atoms with van der Waals surface area (Å²) in [6.07, 6.45) is 0.369. The molecule has 0 bridgehead atoms. The zero-order chi connectivity index (χ0) is 17.8. The molecule has 1 aliphatic heterocycles. The van der Waals surface area contributed by atoms with Crippen LogP contribution >= 0.6 is 0 Å². The van der Waals surface area contributed by atoms with Gasteiger partial charge in [0.2, 0.25) is 0 Å². The summed E-state index contributed by atoms with van der Waals surface area (Å²) in [6, 6.07) is 11.6. The number of rotatable bonds is 2. The number of benzene rings is 2. The number of aromatic hydroxyl groups is 2. The van der Waals surface area contributed by atoms with Crippen molar-refractivity contribution in [3.8, 4) is 11.5 Å². The lowest BCUT2D eigenvalue weighted by Gasteiger charge is -2.39. The van der Waals surface area contributed by atoms with E-state index < -0.39 is 17.6 Å². The molecule has 0 aliphatic carbocycles. The number of aromatic nitrogens is 1. The molecule has 25 heavy (non-hydrogen) atoms. The first kappa shape index (κ1) is 15.5. The summed E-state index contributed by atoms with van der Waals surface area (Å²) < 4.78 is 0. The Morgan fingerprint density at radius 1 is 1.16 bits per heavy atom. The van der Waals surface area contributed by atoms with Crippen LogP contribution in [-0.2, 0) is 16.8 Å². The Balaban J connectivity index is 1.98. The Labute approximate surface area is 143 Å². The van der Waals surface area contributed by atoms with Gasteiger partial charge in [-0.05, 0) is 36.2 Å². The number of hydrogen-bond donors (Lipinski definition) is 5. The van der Waals surface area contributed by atoms with E-state index in [1.165, 1.54) is 12.1 Å². The Morgan fingerprint density at radius 2 is 1.92 bits per heavy atom. The number of phenolic OH excluding ortho intramolecular Hbond substituents is 2. The minimum absolute atomic E-state index is 0.213. The molecule has 3 aromatic rings. The number of aliphatic carboxylic acids is 1. The van der Waals surface area contributed by atoms with Gasteiger partial charge < -0.3 is 20.3 Å². The van der Waals surface area contributed by atoms with E-state index in [0.717, 1.165) is 22.2 Å². The molecule has 2 heterocycles. The lowest BCUT2D eigenvalue weighted by molar-refractivity contribution is -0.140. The highest BCUT2D eigenvalue weighted by Crippen LogP contribution is 2.41. The molecule has 0 spiro atoms. The SMILES string of the molecule is C[C@]1(c2ccc(O)c(O)c2)N[C@@H](C(=O)O)Cc2c1[nH]c1ccccc21. The topological polar surface area (TPSA) is 106 Å². The number of H-pyrrole nitrogens is 1. The van der Waals surface area contributed by atoms with Crippen molar-refractivity contribution < 1.29 is 20.1 Å². The first-order chi connectivity index (χ1) is 11.9. The lowest BCUT2D eigenvalue weighted by Crippen LogP contribution is -2.54. The molecule has 4 rings (SSSR count). The maximum absolute atomic E-state index is 11.7. The fraction of sp³-hybridized carbons (Fsp3) is 0.211. The molecule has 6 nitrogen and oxygen atoms in total. The summed E-state index contributed by atoms with van der Waals surface area (Å²) in [5.74, 6) is -1.38. The third-order valence-electron chi connectivity index (χ3n) is 5.04. The third-order valence-corrected chi connectivity index (χ3v) is 5.04. The highest BCUT2D eigenvalue weighted by atomic mass is 16.4. The van der Waals surface area contributed by atoms with Crippen molar-refractivity contribution in [3.05, 3.63) is 59.3 Å². The van der Waals surface area contributed by atoms with Crippen LogP contribution in [0.2, 0.25) is 0 Å². The first-order valence-corrected chi connectivity index (χ1v) is 8.03. The van der Waals surface area contributed by atoms with Crippen LogP contribution in [0.15, 0.2) is 42.5 Å². The number of carboxylic acid groups (broad SMARTS) is 1. The summed E-state index contributed by atoms with van der Waals surface area (Å²) in [7, 11) is 0. The van der Waals surface area contributed by atoms with E-state index in [4.69, 9.17) is 0 Å². The van der Waals surface area contributed by atoms with E-state index in [0.29, 0.717) is 12.0 Å². The van der Waals surface area contributed by atoms with Crippen LogP contribution in [0.1, 0.15) is 23.7 Å². The minimum Gasteiger partial charge on any atom is -0.504 e. The normalized spacial score (nSPS) is 22.7. The average Bonchev–Trinajstić information content (AvgIpc) is 2.97. The molecule has 0 saturated heterocycles. The zero-order valence-electron chi connectivity index (χ0n) is 13.6. The van der Waals surface area contributed by atoms with Gasteiger partial charge in [0.25, 0.3) is 0 Å². The Hall–Kier alpha value is -2.99. The van der Waals surface area contributed by atoms with Gasteiger partial charge in [0.15, 0.2) is 11.5 Å². The lowest BCUT2D eigenvalue weighted by atomic mass is 9.80. The van der Waals surface area contributed by atoms with Crippen LogP contribution in [-0.4, -0.2) is 32.3 Å². The summed E-state index contributed by atoms with van der Waals surface area (Å²) >= 11 is 0. The van der Waals surface area contributed by atoms with E-state index in [-0.39, 0.29) is 11.5 Å². The summed E-state index contributed by atoms with van der Waals surface area (Å²) in [5.41, 5.74) is 2.59. The van der Waals surface area contributed by atoms with Crippen molar-refractivity contribution in [2.24, 2.45) is 0 Å². The molecule has 0 unspecified atom stereocenters. The molecule has 1 aromatic heterocycles. The van der Waals surface area contributed by atoms with Crippen molar-refractivity contribution in [1.29, 1.82) is 0 Å². The van der Waals surface area contributed by atoms with Crippen molar-refractivity contribution >= 4 is 16.9 Å². The van der Waals surface area contributed by atoms with Gasteiger partial charge in [-0.1, -0.05) is 24.3 Å². The summed E-state index contributed by atoms with van der Waals surface area (Å²) in [5, 5.41) is 33.3. The van der Waals surface area contributed by atoms with Crippen LogP contribution in [0.3, 0.4) is 0 Å². The zero-order valence-corrected chi connectivity index (χ0v) is 13.6. The van der Waals surface area contributed by atoms with Gasteiger partial charge in [-0.3, -0.25) is 10.1 Å². The van der Waals surface area contributed by atoms with Crippen molar-refractivity contribution in [3.63, 3.8) is 0 Å². The standard InChI is InChI=1S/C19H18N2O4/c1-19(10-6-7-15(22)16(23)8-10)17-12(9-14(21-19)18(24)25)11-4-2-3-5-13(11)20-17/h2-8,14,20-23H,9H2,1H3,(H,24,25)/t14-,19-/m1/s1. The van der Waals surface area contributed by atoms with E-state index in [1.807, 2.05) is 31.2 Å². The van der Waals surface area contributed by atoms with Crippen molar-refractivity contribution in [2.75, 3.05) is 0 Å². The number of phenols is 2. The maximum Gasteiger partial charge on any atom is 0.321 e. The van der Waals surface area contributed by atoms with Gasteiger partial charge in [-0.15, -0.1) is 0 Å². The Bertz CT molecular complexity index is 994. The summed E-state index contributed by atoms with van der Waals surface area (Å²) in [6.45, 7) is 1.88. The van der Waals surface area contributed by atoms with Gasteiger partial charge >= 0.3 is 5.97 Å². The summed E-state index contributed by atoms with van der Waals surface area (Å²) in [4.78, 5) is 15.1. The van der Waals surface area contributed by atoms with Crippen LogP contribution in [0.4, 0.5) is 0 Å². The second kappa shape index (κ2) is 5.26. The molecular formula is C19H18N2O4. The number of carbonyl (C=O) groups is 1. The highest BCUT2D eigenvalue weighted by molar-refractivity contribution is 5.87. The predicted molar refractivity (Wildman–Crippen MR) is 92.8 cm³/mol. The first-order valence-electron chi connectivity index (χ1n) is 8.03. The average molecular weight is 338 g/mol. The molecule has 2 atom stereocenters. The molecule has 0 amide bonds. The third kappa shape index (κ3) is 2.26. The number of carboxylic acids is 1. The van der Waals surface area contributed by atoms with Gasteiger partial charge in [0.05, 0.1) is 5.54 Å². The smallest absolute Gasteiger partial charge is 0.321 e. The molecule has 0 radical (unpaired) electrons. The predicted octanol–water partition coefficient (Wildman–Crippen LogP) is 2.44. The van der Waals surface area contributed by atoms with E-state index in [1.54, 1.807) is 6.07 Å². The second-order valence-electron chi connectivity index (χ2n) is 6.59. The number of fused-ring (bicyclic) bond motifs is 3. The number of nitrogens with one attached hydrogen (secondary N) is 2. The molecule has 5 N–H and O–H groups in total. The molecule has 2 aromatic carbocycles. The van der Waals surface area contributed by atoms with E-state index in [9.17, 15) is 20.1 Å². The van der Waals surface area contributed by atoms with Crippen molar-refractivity contribution in [1.82, 2.24) is 10.3 Å². The van der Waals surface area contributed by atoms with Crippen LogP contribution in [0.5, 0.6) is 11.5 Å². The maximum atomic E-state index is 11.7. The largest absolute Gasteiger partial charge is 0.504 e. The molecule has 128 valence electrons. The van der Waals surface area contributed by atoms with Gasteiger partial charge in [-0.25, -0.2) is 0 Å². The quantitative estimate of drug-likeness (QED) is 0.462. The van der Waals surface area contributed by atoms with Gasteiger partial charge in [0, 0.05) is 23.0 Å². The minimum atomic E-state index is -0.926. The van der Waals surface area contributed by atoms with Crippen LogP contribution in [0.25, 0.3) is 10.9 Å². The second-order valence-corrected chi connectivity index (χ2v) is 6.59. The number of aromatic amines is 1. The number of para-hydroxylation sites is 1. The van der Waals surface area contributed by atoms with Crippen LogP contribution < -0.4 is 5.32 Å². The Kier molecular flexibility index (Phi) is 3.27. The molecule has 6 heteroatoms. The molecule has 1 aliphatic rings. The van der Waals surface area contributed by atoms with E-state index in [2.05, 4.69) is 10.3 Å². The monoisotopic (exact) mass is 338 g/mol. The van der Waals surface area contributed by atoms with Gasteiger partial charge in [0.1, 0.15) is 6.04 Å². The molecular weight excluding hydrogens is 320 g/mol. The fourth-order valence-electron chi connectivity index (χ4n) is 3.73. The Morgan fingerprint density at radius 3 is 2.64 bits per heavy atom. The highest BCUT2D eigenvalue weighted by Gasteiger charge is 2.42. The number of hydrogen-bond acceptors (Lipinski definition) is 4. The van der Waals surface area contributed by atoms with Crippen molar-refractivity contribution in [2.45, 2.75) is 24.9 Å².